The van der Waals surface area contributed by atoms with Crippen molar-refractivity contribution < 1.29 is 18.0 Å². The minimum absolute atomic E-state index is 0. The molecule has 3 nitrogen and oxygen atoms in total. The minimum Gasteiger partial charge on any atom is -0.340 e. The van der Waals surface area contributed by atoms with E-state index in [-0.39, 0.29) is 31.4 Å². The summed E-state index contributed by atoms with van der Waals surface area (Å²) in [5.74, 6) is -0.0223. The van der Waals surface area contributed by atoms with Gasteiger partial charge >= 0.3 is 6.18 Å². The fourth-order valence-corrected chi connectivity index (χ4v) is 3.49. The lowest BCUT2D eigenvalue weighted by Crippen LogP contribution is -2.51. The molecule has 0 bridgehead atoms. The van der Waals surface area contributed by atoms with Crippen molar-refractivity contribution in [2.45, 2.75) is 36.6 Å². The Hall–Kier alpha value is -0.920. The van der Waals surface area contributed by atoms with Crippen LogP contribution in [0.3, 0.4) is 0 Å². The van der Waals surface area contributed by atoms with Gasteiger partial charge in [0.25, 0.3) is 0 Å². The lowest BCUT2D eigenvalue weighted by molar-refractivity contribution is -0.151. The summed E-state index contributed by atoms with van der Waals surface area (Å²) in [6.07, 6.45) is -3.88. The summed E-state index contributed by atoms with van der Waals surface area (Å²) in [6.45, 7) is 4.61. The van der Waals surface area contributed by atoms with Crippen LogP contribution in [0.1, 0.15) is 19.4 Å². The molecule has 2 rings (SSSR count). The molecule has 142 valence electrons. The average molecular weight is 397 g/mol. The monoisotopic (exact) mass is 396 g/mol. The molecule has 0 spiro atoms. The third kappa shape index (κ3) is 7.88. The maximum absolute atomic E-state index is 12.4. The molecular weight excluding hydrogens is 373 g/mol. The van der Waals surface area contributed by atoms with E-state index in [1.54, 1.807) is 16.7 Å². The van der Waals surface area contributed by atoms with Gasteiger partial charge in [0.15, 0.2) is 0 Å². The second-order valence-corrected chi connectivity index (χ2v) is 7.91. The van der Waals surface area contributed by atoms with E-state index >= 15 is 0 Å². The number of carbonyl (C=O) groups is 1. The summed E-state index contributed by atoms with van der Waals surface area (Å²) in [7, 11) is 0. The van der Waals surface area contributed by atoms with Crippen LogP contribution >= 0.6 is 24.2 Å². The maximum Gasteiger partial charge on any atom is 0.401 e. The quantitative estimate of drug-likeness (QED) is 0.706. The van der Waals surface area contributed by atoms with Gasteiger partial charge in [-0.25, -0.2) is 0 Å². The highest BCUT2D eigenvalue weighted by atomic mass is 35.5. The lowest BCUT2D eigenvalue weighted by Gasteiger charge is -2.35. The Morgan fingerprint density at radius 3 is 2.16 bits per heavy atom. The number of benzene rings is 1. The van der Waals surface area contributed by atoms with Gasteiger partial charge in [-0.15, -0.1) is 24.2 Å². The van der Waals surface area contributed by atoms with E-state index in [1.807, 2.05) is 24.3 Å². The molecule has 1 heterocycles. The van der Waals surface area contributed by atoms with Gasteiger partial charge in [-0.2, -0.15) is 13.2 Å². The van der Waals surface area contributed by atoms with Gasteiger partial charge in [0, 0.05) is 36.3 Å². The molecule has 0 N–H and O–H groups in total. The molecule has 1 aromatic rings. The van der Waals surface area contributed by atoms with Crippen molar-refractivity contribution in [1.29, 1.82) is 0 Å². The molecule has 0 radical (unpaired) electrons. The first-order valence-electron chi connectivity index (χ1n) is 8.05. The summed E-state index contributed by atoms with van der Waals surface area (Å²) in [5, 5.41) is 0.505. The first-order chi connectivity index (χ1) is 11.2. The van der Waals surface area contributed by atoms with Crippen LogP contribution < -0.4 is 0 Å². The van der Waals surface area contributed by atoms with E-state index in [2.05, 4.69) is 13.8 Å². The van der Waals surface area contributed by atoms with Crippen molar-refractivity contribution >= 4 is 30.1 Å². The van der Waals surface area contributed by atoms with Crippen LogP contribution in [0.15, 0.2) is 29.2 Å². The van der Waals surface area contributed by atoms with Gasteiger partial charge in [-0.3, -0.25) is 9.69 Å². The summed E-state index contributed by atoms with van der Waals surface area (Å²) in [4.78, 5) is 16.5. The largest absolute Gasteiger partial charge is 0.401 e. The Morgan fingerprint density at radius 2 is 1.68 bits per heavy atom. The van der Waals surface area contributed by atoms with E-state index in [1.165, 1.54) is 9.80 Å². The molecular formula is C17H24ClF3N2OS. The number of rotatable bonds is 5. The maximum atomic E-state index is 12.4. The molecule has 1 saturated heterocycles. The average Bonchev–Trinajstić information content (AvgIpc) is 2.48. The van der Waals surface area contributed by atoms with Gasteiger partial charge in [0.1, 0.15) is 0 Å². The number of nitrogens with zero attached hydrogens (tertiary/aromatic N) is 2. The molecule has 1 aromatic carbocycles. The van der Waals surface area contributed by atoms with E-state index < -0.39 is 12.7 Å². The van der Waals surface area contributed by atoms with Crippen LogP contribution in [0.25, 0.3) is 0 Å². The van der Waals surface area contributed by atoms with Crippen LogP contribution in [0, 0.1) is 0 Å². The molecule has 0 unspecified atom stereocenters. The number of alkyl halides is 3. The standard InChI is InChI=1S/C17H23F3N2OS.ClH/c1-13(2)24-15-5-3-14(4-6-15)11-16(23)22-9-7-21(8-10-22)12-17(18,19)20;/h3-6,13H,7-12H2,1-2H3;1H. The topological polar surface area (TPSA) is 23.6 Å². The predicted octanol–water partition coefficient (Wildman–Crippen LogP) is 3.86. The van der Waals surface area contributed by atoms with Gasteiger partial charge in [-0.05, 0) is 17.7 Å². The smallest absolute Gasteiger partial charge is 0.340 e. The number of carbonyl (C=O) groups excluding carboxylic acids is 1. The van der Waals surface area contributed by atoms with Crippen molar-refractivity contribution in [3.8, 4) is 0 Å². The lowest BCUT2D eigenvalue weighted by atomic mass is 10.1. The molecule has 1 aliphatic heterocycles. The molecule has 25 heavy (non-hydrogen) atoms. The van der Waals surface area contributed by atoms with E-state index in [0.717, 1.165) is 5.56 Å². The Kier molecular flexibility index (Phi) is 8.57. The fourth-order valence-electron chi connectivity index (χ4n) is 2.65. The summed E-state index contributed by atoms with van der Waals surface area (Å²) >= 11 is 1.77. The molecule has 1 amide bonds. The van der Waals surface area contributed by atoms with Crippen LogP contribution in [-0.4, -0.2) is 59.9 Å². The van der Waals surface area contributed by atoms with Crippen molar-refractivity contribution in [3.05, 3.63) is 29.8 Å². The van der Waals surface area contributed by atoms with Crippen LogP contribution in [0.2, 0.25) is 0 Å². The highest BCUT2D eigenvalue weighted by Gasteiger charge is 2.32. The first kappa shape index (κ1) is 22.1. The zero-order valence-corrected chi connectivity index (χ0v) is 16.0. The second kappa shape index (κ2) is 9.69. The number of amides is 1. The van der Waals surface area contributed by atoms with Gasteiger partial charge in [0.2, 0.25) is 5.91 Å². The van der Waals surface area contributed by atoms with Crippen molar-refractivity contribution in [3.63, 3.8) is 0 Å². The van der Waals surface area contributed by atoms with Crippen molar-refractivity contribution in [2.24, 2.45) is 0 Å². The van der Waals surface area contributed by atoms with Crippen LogP contribution in [0.5, 0.6) is 0 Å². The highest BCUT2D eigenvalue weighted by Crippen LogP contribution is 2.23. The zero-order chi connectivity index (χ0) is 17.7. The highest BCUT2D eigenvalue weighted by molar-refractivity contribution is 7.99. The molecule has 0 atom stereocenters. The third-order valence-corrected chi connectivity index (χ3v) is 4.79. The van der Waals surface area contributed by atoms with Gasteiger partial charge < -0.3 is 4.90 Å². The summed E-state index contributed by atoms with van der Waals surface area (Å²) in [5.41, 5.74) is 0.936. The minimum atomic E-state index is -4.18. The third-order valence-electron chi connectivity index (χ3n) is 3.78. The molecule has 1 fully saturated rings. The zero-order valence-electron chi connectivity index (χ0n) is 14.4. The van der Waals surface area contributed by atoms with Gasteiger partial charge in [0.05, 0.1) is 13.0 Å². The van der Waals surface area contributed by atoms with Crippen molar-refractivity contribution in [1.82, 2.24) is 9.80 Å². The number of piperazine rings is 1. The Bertz CT molecular complexity index is 544. The number of thioether (sulfide) groups is 1. The summed E-state index contributed by atoms with van der Waals surface area (Å²) in [6, 6.07) is 7.91. The number of hydrogen-bond acceptors (Lipinski definition) is 3. The van der Waals surface area contributed by atoms with E-state index in [4.69, 9.17) is 0 Å². The Balaban J connectivity index is 0.00000312. The Labute approximate surface area is 157 Å². The molecule has 0 aliphatic carbocycles. The normalized spacial score (nSPS) is 16.0. The summed E-state index contributed by atoms with van der Waals surface area (Å²) < 4.78 is 37.1. The van der Waals surface area contributed by atoms with Gasteiger partial charge in [-0.1, -0.05) is 26.0 Å². The van der Waals surface area contributed by atoms with E-state index in [0.29, 0.717) is 24.8 Å². The molecule has 0 aromatic heterocycles. The number of hydrogen-bond donors (Lipinski definition) is 0. The van der Waals surface area contributed by atoms with Crippen LogP contribution in [0.4, 0.5) is 13.2 Å². The molecule has 0 saturated carbocycles. The molecule has 1 aliphatic rings. The second-order valence-electron chi connectivity index (χ2n) is 6.26. The van der Waals surface area contributed by atoms with Crippen molar-refractivity contribution in [2.75, 3.05) is 32.7 Å². The Morgan fingerprint density at radius 1 is 1.12 bits per heavy atom. The molecule has 8 heteroatoms. The fraction of sp³-hybridized carbons (Fsp3) is 0.588. The van der Waals surface area contributed by atoms with Crippen LogP contribution in [-0.2, 0) is 11.2 Å². The van der Waals surface area contributed by atoms with E-state index in [9.17, 15) is 18.0 Å². The number of halogens is 4. The SMILES string of the molecule is CC(C)Sc1ccc(CC(=O)N2CCN(CC(F)(F)F)CC2)cc1.Cl. The first-order valence-corrected chi connectivity index (χ1v) is 8.93. The predicted molar refractivity (Wildman–Crippen MR) is 97.5 cm³/mol.